The van der Waals surface area contributed by atoms with Crippen LogP contribution in [-0.2, 0) is 19.3 Å². The molecule has 1 aliphatic rings. The van der Waals surface area contributed by atoms with E-state index in [-0.39, 0.29) is 30.9 Å². The number of halogens is 3. The van der Waals surface area contributed by atoms with E-state index in [1.54, 1.807) is 4.90 Å². The third-order valence-electron chi connectivity index (χ3n) is 6.07. The number of carbonyl (C=O) groups is 1. The minimum absolute atomic E-state index is 0.0110. The zero-order valence-electron chi connectivity index (χ0n) is 19.3. The van der Waals surface area contributed by atoms with Gasteiger partial charge < -0.3 is 14.6 Å². The molecule has 1 atom stereocenters. The number of aliphatic hydroxyl groups excluding tert-OH is 1. The fourth-order valence-corrected chi connectivity index (χ4v) is 5.09. The number of aromatic nitrogens is 4. The topological polar surface area (TPSA) is 84.1 Å². The van der Waals surface area contributed by atoms with Crippen LogP contribution in [0.1, 0.15) is 60.7 Å². The summed E-state index contributed by atoms with van der Waals surface area (Å²) in [5.41, 5.74) is 0.712. The maximum absolute atomic E-state index is 13.8. The lowest BCUT2D eigenvalue weighted by molar-refractivity contribution is -0.141. The molecule has 0 spiro atoms. The van der Waals surface area contributed by atoms with E-state index in [1.807, 2.05) is 32.2 Å². The van der Waals surface area contributed by atoms with E-state index in [9.17, 15) is 23.1 Å². The molecule has 4 rings (SSSR count). The van der Waals surface area contributed by atoms with Crippen molar-refractivity contribution in [2.45, 2.75) is 57.5 Å². The SMILES string of the molecule is CCC(=O)c1cnc(N2CCn3c(nc4cc(CO)c(SC)cc43)C2C(C)C)nc1C(F)(F)F. The molecule has 7 nitrogen and oxygen atoms in total. The number of imidazole rings is 1. The Balaban J connectivity index is 1.84. The fraction of sp³-hybridized carbons (Fsp3) is 0.478. The lowest BCUT2D eigenvalue weighted by atomic mass is 10.00. The fourth-order valence-electron chi connectivity index (χ4n) is 4.48. The summed E-state index contributed by atoms with van der Waals surface area (Å²) in [6.07, 6.45) is -1.91. The average Bonchev–Trinajstić information content (AvgIpc) is 3.18. The van der Waals surface area contributed by atoms with E-state index in [4.69, 9.17) is 4.98 Å². The number of benzene rings is 1. The lowest BCUT2D eigenvalue weighted by Gasteiger charge is -2.38. The average molecular weight is 494 g/mol. The number of Topliss-reactive ketones (excluding diaryl/α,β-unsaturated/α-hetero) is 1. The molecule has 0 saturated heterocycles. The second kappa shape index (κ2) is 9.18. The minimum Gasteiger partial charge on any atom is -0.392 e. The molecular weight excluding hydrogens is 467 g/mol. The van der Waals surface area contributed by atoms with E-state index in [0.717, 1.165) is 27.7 Å². The van der Waals surface area contributed by atoms with Crippen LogP contribution >= 0.6 is 11.8 Å². The summed E-state index contributed by atoms with van der Waals surface area (Å²) in [4.78, 5) is 27.6. The summed E-state index contributed by atoms with van der Waals surface area (Å²) in [7, 11) is 0. The predicted octanol–water partition coefficient (Wildman–Crippen LogP) is 4.87. The Morgan fingerprint density at radius 1 is 1.26 bits per heavy atom. The molecular formula is C23H26F3N5O2S. The highest BCUT2D eigenvalue weighted by Crippen LogP contribution is 2.39. The number of fused-ring (bicyclic) bond motifs is 3. The van der Waals surface area contributed by atoms with Crippen molar-refractivity contribution in [3.05, 3.63) is 41.0 Å². The Morgan fingerprint density at radius 2 is 2.00 bits per heavy atom. The summed E-state index contributed by atoms with van der Waals surface area (Å²) in [6, 6.07) is 3.49. The first-order valence-corrected chi connectivity index (χ1v) is 12.2. The molecule has 0 amide bonds. The van der Waals surface area contributed by atoms with Gasteiger partial charge in [0, 0.05) is 30.6 Å². The van der Waals surface area contributed by atoms with Crippen molar-refractivity contribution in [3.8, 4) is 0 Å². The molecule has 1 aliphatic heterocycles. The molecule has 2 aromatic heterocycles. The molecule has 1 unspecified atom stereocenters. The Kier molecular flexibility index (Phi) is 6.61. The molecule has 0 saturated carbocycles. The van der Waals surface area contributed by atoms with Crippen LogP contribution in [0.5, 0.6) is 0 Å². The third kappa shape index (κ3) is 4.15. The molecule has 3 heterocycles. The van der Waals surface area contributed by atoms with Gasteiger partial charge in [0.1, 0.15) is 5.82 Å². The molecule has 11 heteroatoms. The van der Waals surface area contributed by atoms with Gasteiger partial charge in [-0.15, -0.1) is 11.8 Å². The number of nitrogens with zero attached hydrogens (tertiary/aromatic N) is 5. The number of alkyl halides is 3. The Bertz CT molecular complexity index is 1240. The van der Waals surface area contributed by atoms with Crippen molar-refractivity contribution >= 4 is 34.5 Å². The van der Waals surface area contributed by atoms with Crippen LogP contribution in [0.3, 0.4) is 0 Å². The van der Waals surface area contributed by atoms with Gasteiger partial charge in [-0.1, -0.05) is 20.8 Å². The summed E-state index contributed by atoms with van der Waals surface area (Å²) >= 11 is 1.54. The zero-order chi connectivity index (χ0) is 24.8. The van der Waals surface area contributed by atoms with Crippen LogP contribution in [0.15, 0.2) is 23.2 Å². The van der Waals surface area contributed by atoms with E-state index in [0.29, 0.717) is 18.9 Å². The lowest BCUT2D eigenvalue weighted by Crippen LogP contribution is -2.42. The van der Waals surface area contributed by atoms with Crippen LogP contribution < -0.4 is 4.90 Å². The maximum Gasteiger partial charge on any atom is 0.434 e. The van der Waals surface area contributed by atoms with Gasteiger partial charge in [0.25, 0.3) is 0 Å². The van der Waals surface area contributed by atoms with Gasteiger partial charge in [-0.05, 0) is 29.9 Å². The third-order valence-corrected chi connectivity index (χ3v) is 6.89. The summed E-state index contributed by atoms with van der Waals surface area (Å²) in [6.45, 7) is 6.21. The zero-order valence-corrected chi connectivity index (χ0v) is 20.2. The van der Waals surface area contributed by atoms with Crippen molar-refractivity contribution < 1.29 is 23.1 Å². The normalized spacial score (nSPS) is 16.4. The van der Waals surface area contributed by atoms with Gasteiger partial charge in [-0.25, -0.2) is 15.0 Å². The number of anilines is 1. The van der Waals surface area contributed by atoms with Crippen LogP contribution in [0, 0.1) is 5.92 Å². The summed E-state index contributed by atoms with van der Waals surface area (Å²) in [5, 5.41) is 9.73. The highest BCUT2D eigenvalue weighted by molar-refractivity contribution is 7.98. The second-order valence-corrected chi connectivity index (χ2v) is 9.37. The number of hydrogen-bond donors (Lipinski definition) is 1. The molecule has 3 aromatic rings. The molecule has 1 aromatic carbocycles. The maximum atomic E-state index is 13.8. The largest absolute Gasteiger partial charge is 0.434 e. The first-order valence-electron chi connectivity index (χ1n) is 11.0. The van der Waals surface area contributed by atoms with E-state index >= 15 is 0 Å². The monoisotopic (exact) mass is 493 g/mol. The summed E-state index contributed by atoms with van der Waals surface area (Å²) < 4.78 is 43.4. The number of hydrogen-bond acceptors (Lipinski definition) is 7. The number of ketones is 1. The highest BCUT2D eigenvalue weighted by atomic mass is 32.2. The number of carbonyl (C=O) groups excluding carboxylic acids is 1. The first-order chi connectivity index (χ1) is 16.1. The van der Waals surface area contributed by atoms with Crippen LogP contribution in [0.4, 0.5) is 19.1 Å². The van der Waals surface area contributed by atoms with E-state index in [2.05, 4.69) is 14.5 Å². The van der Waals surface area contributed by atoms with E-state index in [1.165, 1.54) is 18.7 Å². The number of rotatable bonds is 6. The van der Waals surface area contributed by atoms with Crippen molar-refractivity contribution in [2.24, 2.45) is 5.92 Å². The standard InChI is InChI=1S/C23H26F3N5O2S/c1-5-17(33)14-10-27-22(29-20(14)23(24,25)26)31-7-6-30-16-9-18(34-4)13(11-32)8-15(16)28-21(30)19(31)12(2)3/h8-10,12,19,32H,5-7,11H2,1-4H3. The molecule has 0 fully saturated rings. The van der Waals surface area contributed by atoms with Gasteiger partial charge in [0.2, 0.25) is 5.95 Å². The molecule has 0 aliphatic carbocycles. The Morgan fingerprint density at radius 3 is 2.59 bits per heavy atom. The van der Waals surface area contributed by atoms with Crippen molar-refractivity contribution in [1.82, 2.24) is 19.5 Å². The van der Waals surface area contributed by atoms with Crippen LogP contribution in [0.2, 0.25) is 0 Å². The molecule has 34 heavy (non-hydrogen) atoms. The van der Waals surface area contributed by atoms with Crippen LogP contribution in [-0.4, -0.2) is 43.2 Å². The smallest absolute Gasteiger partial charge is 0.392 e. The predicted molar refractivity (Wildman–Crippen MR) is 124 cm³/mol. The Labute approximate surface area is 199 Å². The van der Waals surface area contributed by atoms with Gasteiger partial charge in [0.05, 0.1) is 29.2 Å². The quantitative estimate of drug-likeness (QED) is 0.387. The molecule has 182 valence electrons. The molecule has 0 radical (unpaired) electrons. The minimum atomic E-state index is -4.77. The van der Waals surface area contributed by atoms with Crippen molar-refractivity contribution in [2.75, 3.05) is 17.7 Å². The Hall–Kier alpha value is -2.66. The van der Waals surface area contributed by atoms with Gasteiger partial charge in [-0.2, -0.15) is 13.2 Å². The van der Waals surface area contributed by atoms with Crippen molar-refractivity contribution in [3.63, 3.8) is 0 Å². The molecule has 0 bridgehead atoms. The number of thioether (sulfide) groups is 1. The highest BCUT2D eigenvalue weighted by Gasteiger charge is 2.40. The summed E-state index contributed by atoms with van der Waals surface area (Å²) in [5.74, 6) is -0.0193. The number of aliphatic hydroxyl groups is 1. The van der Waals surface area contributed by atoms with E-state index < -0.39 is 23.2 Å². The molecule has 1 N–H and O–H groups in total. The second-order valence-electron chi connectivity index (χ2n) is 8.52. The van der Waals surface area contributed by atoms with Gasteiger partial charge >= 0.3 is 6.18 Å². The first kappa shape index (κ1) is 24.5. The van der Waals surface area contributed by atoms with Crippen molar-refractivity contribution in [1.29, 1.82) is 0 Å². The van der Waals surface area contributed by atoms with Gasteiger partial charge in [0.15, 0.2) is 11.5 Å². The van der Waals surface area contributed by atoms with Gasteiger partial charge in [-0.3, -0.25) is 4.79 Å². The van der Waals surface area contributed by atoms with Crippen LogP contribution in [0.25, 0.3) is 11.0 Å².